The highest BCUT2D eigenvalue weighted by atomic mass is 32.1. The molecule has 0 aliphatic heterocycles. The Kier molecular flexibility index (Phi) is 18.3. The second-order valence-corrected chi connectivity index (χ2v) is 35.5. The van der Waals surface area contributed by atoms with Crippen LogP contribution in [0.15, 0.2) is 455 Å². The summed E-state index contributed by atoms with van der Waals surface area (Å²) in [5.41, 5.74) is 28.5. The van der Waals surface area contributed by atoms with Gasteiger partial charge in [-0.1, -0.05) is 380 Å². The van der Waals surface area contributed by atoms with E-state index in [0.29, 0.717) is 0 Å². The molecule has 0 aliphatic carbocycles. The standard InChI is InChI=1S/3C39H25N3S/c1-4-14-26(15-5-1)31-24-34-36(37-30-21-11-12-22-32(30)41(38(31)37)28-18-8-3-9-19-28)29-20-10-13-23-33(29)42(34)35-25-40-39(43-35)27-16-6-2-7-17-27;1-4-14-26(15-5-1)36-37-30-21-11-13-23-33(30)41(28-18-8-3-9-19-28)34(37)24-31-29-20-10-12-22-32(29)42(38(31)36)35-25-40-39(43-35)27-16-6-2-7-17-27;1-4-14-26(15-5-1)31-24-32-29-20-10-12-22-33(29)41(28-18-8-3-9-19-28)37(32)38-36(31)30-21-11-13-23-34(30)42(38)35-25-40-39(43-35)27-16-6-2-7-17-27/h3*1-25H. The van der Waals surface area contributed by atoms with Gasteiger partial charge in [-0.05, 0) is 113 Å². The molecule has 129 heavy (non-hydrogen) atoms. The Balaban J connectivity index is 0.000000105. The van der Waals surface area contributed by atoms with Crippen LogP contribution < -0.4 is 0 Å². The molecule has 9 aromatic heterocycles. The normalized spacial score (nSPS) is 11.7. The minimum absolute atomic E-state index is 1.01. The summed E-state index contributed by atoms with van der Waals surface area (Å²) < 4.78 is 14.6. The molecule has 0 radical (unpaired) electrons. The predicted molar refractivity (Wildman–Crippen MR) is 545 cm³/mol. The molecule has 9 heterocycles. The Morgan fingerprint density at radius 3 is 0.922 bits per heavy atom. The van der Waals surface area contributed by atoms with Crippen molar-refractivity contribution in [2.75, 3.05) is 0 Å². The monoisotopic (exact) mass is 1700 g/mol. The fourth-order valence-corrected chi connectivity index (χ4v) is 22.7. The van der Waals surface area contributed by atoms with Gasteiger partial charge in [-0.3, -0.25) is 13.7 Å². The van der Waals surface area contributed by atoms with Gasteiger partial charge < -0.3 is 13.7 Å². The third-order valence-corrected chi connectivity index (χ3v) is 28.3. The average molecular weight is 1700 g/mol. The first kappa shape index (κ1) is 75.2. The van der Waals surface area contributed by atoms with E-state index in [1.165, 1.54) is 164 Å². The summed E-state index contributed by atoms with van der Waals surface area (Å²) in [5, 5.41) is 21.3. The lowest BCUT2D eigenvalue weighted by molar-refractivity contribution is 1.16. The van der Waals surface area contributed by atoms with Crippen molar-refractivity contribution in [2.24, 2.45) is 0 Å². The lowest BCUT2D eigenvalue weighted by atomic mass is 9.96. The molecule has 0 fully saturated rings. The summed E-state index contributed by atoms with van der Waals surface area (Å²) in [6, 6.07) is 156. The van der Waals surface area contributed by atoms with E-state index in [4.69, 9.17) is 15.0 Å². The number of nitrogens with zero attached hydrogens (tertiary/aromatic N) is 9. The number of thiazole rings is 3. The highest BCUT2D eigenvalue weighted by Crippen LogP contribution is 2.52. The summed E-state index contributed by atoms with van der Waals surface area (Å²) in [7, 11) is 0. The lowest BCUT2D eigenvalue weighted by Crippen LogP contribution is -1.98. The summed E-state index contributed by atoms with van der Waals surface area (Å²) in [5.74, 6) is 0. The van der Waals surface area contributed by atoms with Crippen LogP contribution in [-0.2, 0) is 0 Å². The van der Waals surface area contributed by atoms with Crippen LogP contribution in [0.1, 0.15) is 0 Å². The van der Waals surface area contributed by atoms with Crippen LogP contribution in [-0.4, -0.2) is 42.4 Å². The number of benzene rings is 18. The molecular formula is C117H75N9S3. The summed E-state index contributed by atoms with van der Waals surface area (Å²) >= 11 is 5.20. The zero-order valence-corrected chi connectivity index (χ0v) is 72.0. The number of aromatic nitrogens is 9. The van der Waals surface area contributed by atoms with Gasteiger partial charge in [0, 0.05) is 110 Å². The van der Waals surface area contributed by atoms with E-state index in [9.17, 15) is 0 Å². The summed E-state index contributed by atoms with van der Waals surface area (Å²) in [6.45, 7) is 0. The van der Waals surface area contributed by atoms with E-state index >= 15 is 0 Å². The van der Waals surface area contributed by atoms with E-state index in [0.717, 1.165) is 63.8 Å². The third-order valence-electron chi connectivity index (χ3n) is 25.2. The van der Waals surface area contributed by atoms with Crippen LogP contribution in [0.3, 0.4) is 0 Å². The van der Waals surface area contributed by atoms with Gasteiger partial charge in [-0.2, -0.15) is 0 Å². The molecule has 0 aliphatic rings. The topological polar surface area (TPSA) is 68.2 Å². The SMILES string of the molecule is c1ccc(-c2ncc(-n3c4ccccc4c4c(-c5ccccc5)cc5c6ccccc6n(-c6ccccc6)c5c43)s2)cc1.c1ccc(-c2ncc(-n3c4ccccc4c4c5c6ccccc6n(-c6ccccc6)c5c(-c5ccccc5)cc43)s2)cc1.c1ccc(-c2ncc(-n3c4ccccc4c4cc5c(c(-c6ccccc6)c43)c3ccccc3n5-c3ccccc3)s2)cc1. The molecule has 0 N–H and O–H groups in total. The van der Waals surface area contributed by atoms with Crippen molar-refractivity contribution >= 4 is 165 Å². The van der Waals surface area contributed by atoms with Crippen LogP contribution in [0.4, 0.5) is 0 Å². The number of rotatable bonds is 12. The van der Waals surface area contributed by atoms with Crippen molar-refractivity contribution in [1.82, 2.24) is 42.4 Å². The molecule has 27 aromatic rings. The molecule has 0 saturated heterocycles. The second-order valence-electron chi connectivity index (χ2n) is 32.5. The van der Waals surface area contributed by atoms with E-state index in [1.54, 1.807) is 34.0 Å². The maximum absolute atomic E-state index is 4.93. The van der Waals surface area contributed by atoms with Crippen LogP contribution in [0, 0.1) is 0 Å². The van der Waals surface area contributed by atoms with Gasteiger partial charge in [0.15, 0.2) is 0 Å². The van der Waals surface area contributed by atoms with Crippen LogP contribution >= 0.6 is 34.0 Å². The first-order valence-electron chi connectivity index (χ1n) is 43.5. The molecule has 27 rings (SSSR count). The van der Waals surface area contributed by atoms with Gasteiger partial charge in [-0.25, -0.2) is 15.0 Å². The Labute approximate surface area is 754 Å². The van der Waals surface area contributed by atoms with Gasteiger partial charge in [-0.15, -0.1) is 0 Å². The van der Waals surface area contributed by atoms with Gasteiger partial charge in [0.05, 0.1) is 84.8 Å². The third kappa shape index (κ3) is 12.4. The molecular weight excluding hydrogens is 1630 g/mol. The molecule has 18 aromatic carbocycles. The average Bonchev–Trinajstić information content (AvgIpc) is 1.54. The quantitative estimate of drug-likeness (QED) is 0.122. The molecule has 0 amide bonds. The van der Waals surface area contributed by atoms with Crippen molar-refractivity contribution in [3.8, 4) is 97.2 Å². The molecule has 12 heteroatoms. The number of para-hydroxylation sites is 9. The lowest BCUT2D eigenvalue weighted by Gasteiger charge is -2.13. The molecule has 0 spiro atoms. The summed E-state index contributed by atoms with van der Waals surface area (Å²) in [4.78, 5) is 14.7. The van der Waals surface area contributed by atoms with Crippen molar-refractivity contribution in [3.63, 3.8) is 0 Å². The van der Waals surface area contributed by atoms with E-state index in [-0.39, 0.29) is 0 Å². The van der Waals surface area contributed by atoms with Gasteiger partial charge in [0.1, 0.15) is 30.0 Å². The van der Waals surface area contributed by atoms with Crippen molar-refractivity contribution in [1.29, 1.82) is 0 Å². The molecule has 0 saturated carbocycles. The molecule has 606 valence electrons. The molecule has 9 nitrogen and oxygen atoms in total. The Morgan fingerprint density at radius 1 is 0.171 bits per heavy atom. The van der Waals surface area contributed by atoms with Crippen molar-refractivity contribution in [2.45, 2.75) is 0 Å². The fraction of sp³-hybridized carbons (Fsp3) is 0. The Morgan fingerprint density at radius 2 is 0.465 bits per heavy atom. The van der Waals surface area contributed by atoms with Gasteiger partial charge >= 0.3 is 0 Å². The largest absolute Gasteiger partial charge is 0.309 e. The second kappa shape index (κ2) is 31.4. The fourth-order valence-electron chi connectivity index (χ4n) is 19.8. The van der Waals surface area contributed by atoms with Gasteiger partial charge in [0.2, 0.25) is 0 Å². The number of hydrogen-bond donors (Lipinski definition) is 0. The number of hydrogen-bond acceptors (Lipinski definition) is 6. The van der Waals surface area contributed by atoms with Crippen molar-refractivity contribution in [3.05, 3.63) is 455 Å². The van der Waals surface area contributed by atoms with E-state index < -0.39 is 0 Å². The first-order chi connectivity index (χ1) is 64.1. The minimum atomic E-state index is 1.01. The van der Waals surface area contributed by atoms with E-state index in [1.807, 2.05) is 30.7 Å². The predicted octanol–water partition coefficient (Wildman–Crippen LogP) is 32.0. The maximum Gasteiger partial charge on any atom is 0.125 e. The minimum Gasteiger partial charge on any atom is -0.309 e. The molecule has 0 atom stereocenters. The zero-order valence-electron chi connectivity index (χ0n) is 69.6. The molecule has 0 unspecified atom stereocenters. The number of fused-ring (bicyclic) bond motifs is 20. The zero-order chi connectivity index (χ0) is 85.0. The summed E-state index contributed by atoms with van der Waals surface area (Å²) in [6.07, 6.45) is 6.10. The Bertz CT molecular complexity index is 8950. The van der Waals surface area contributed by atoms with Gasteiger partial charge in [0.25, 0.3) is 0 Å². The first-order valence-corrected chi connectivity index (χ1v) is 45.9. The van der Waals surface area contributed by atoms with Crippen LogP contribution in [0.2, 0.25) is 0 Å². The highest BCUT2D eigenvalue weighted by molar-refractivity contribution is 7.18. The van der Waals surface area contributed by atoms with Crippen LogP contribution in [0.5, 0.6) is 0 Å². The van der Waals surface area contributed by atoms with Crippen LogP contribution in [0.25, 0.3) is 228 Å². The van der Waals surface area contributed by atoms with E-state index in [2.05, 4.69) is 452 Å². The van der Waals surface area contributed by atoms with Crippen molar-refractivity contribution < 1.29 is 0 Å². The molecule has 0 bridgehead atoms. The highest BCUT2D eigenvalue weighted by Gasteiger charge is 2.30. The smallest absolute Gasteiger partial charge is 0.125 e. The maximum atomic E-state index is 4.93. The Hall–Kier alpha value is -16.4.